The van der Waals surface area contributed by atoms with Crippen LogP contribution in [-0.2, 0) is 0 Å². The highest BCUT2D eigenvalue weighted by Gasteiger charge is 2.21. The van der Waals surface area contributed by atoms with Gasteiger partial charge in [-0.15, -0.1) is 0 Å². The summed E-state index contributed by atoms with van der Waals surface area (Å²) in [5.74, 6) is 0.734. The summed E-state index contributed by atoms with van der Waals surface area (Å²) in [6.45, 7) is 0. The molecule has 1 saturated carbocycles. The number of amides is 2. The summed E-state index contributed by atoms with van der Waals surface area (Å²) < 4.78 is 5.13. The van der Waals surface area contributed by atoms with E-state index in [4.69, 9.17) is 4.74 Å². The molecule has 0 bridgehead atoms. The Labute approximate surface area is 120 Å². The molecule has 0 atom stereocenters. The highest BCUT2D eigenvalue weighted by molar-refractivity contribution is 5.89. The van der Waals surface area contributed by atoms with Crippen LogP contribution in [0.25, 0.3) is 0 Å². The van der Waals surface area contributed by atoms with Gasteiger partial charge in [0.15, 0.2) is 0 Å². The van der Waals surface area contributed by atoms with Crippen LogP contribution in [0.1, 0.15) is 25.7 Å². The lowest BCUT2D eigenvalue weighted by Crippen LogP contribution is -2.43. The Bertz CT molecular complexity index is 442. The van der Waals surface area contributed by atoms with Crippen LogP contribution in [0.4, 0.5) is 10.5 Å². The van der Waals surface area contributed by atoms with Crippen LogP contribution in [0.3, 0.4) is 0 Å². The molecule has 0 heterocycles. The molecule has 5 heteroatoms. The van der Waals surface area contributed by atoms with Gasteiger partial charge < -0.3 is 20.7 Å². The van der Waals surface area contributed by atoms with Crippen LogP contribution in [0.5, 0.6) is 5.75 Å². The average Bonchev–Trinajstić information content (AvgIpc) is 2.48. The second kappa shape index (κ2) is 7.14. The number of nitrogens with one attached hydrogen (secondary N) is 3. The molecule has 1 aromatic carbocycles. The molecular formula is C15H23N3O2. The van der Waals surface area contributed by atoms with Crippen molar-refractivity contribution < 1.29 is 9.53 Å². The summed E-state index contributed by atoms with van der Waals surface area (Å²) in [6, 6.07) is 8.07. The molecule has 0 aromatic heterocycles. The first-order valence-electron chi connectivity index (χ1n) is 7.10. The number of rotatable bonds is 4. The predicted octanol–water partition coefficient (Wildman–Crippen LogP) is 2.35. The topological polar surface area (TPSA) is 62.4 Å². The molecule has 3 N–H and O–H groups in total. The first kappa shape index (κ1) is 14.7. The van der Waals surface area contributed by atoms with E-state index in [1.165, 1.54) is 0 Å². The van der Waals surface area contributed by atoms with Crippen LogP contribution in [0, 0.1) is 0 Å². The van der Waals surface area contributed by atoms with Gasteiger partial charge in [0.1, 0.15) is 5.75 Å². The first-order valence-corrected chi connectivity index (χ1v) is 7.10. The molecule has 1 fully saturated rings. The van der Waals surface area contributed by atoms with Crippen molar-refractivity contribution in [3.63, 3.8) is 0 Å². The fraction of sp³-hybridized carbons (Fsp3) is 0.533. The minimum absolute atomic E-state index is 0.147. The van der Waals surface area contributed by atoms with Crippen molar-refractivity contribution in [1.29, 1.82) is 0 Å². The zero-order chi connectivity index (χ0) is 14.4. The monoisotopic (exact) mass is 277 g/mol. The summed E-state index contributed by atoms with van der Waals surface area (Å²) in [7, 11) is 3.60. The summed E-state index contributed by atoms with van der Waals surface area (Å²) in [5, 5.41) is 9.16. The molecule has 1 aliphatic carbocycles. The van der Waals surface area contributed by atoms with Crippen molar-refractivity contribution in [2.75, 3.05) is 19.5 Å². The zero-order valence-corrected chi connectivity index (χ0v) is 12.1. The number of hydrogen-bond acceptors (Lipinski definition) is 3. The van der Waals surface area contributed by atoms with Gasteiger partial charge in [-0.25, -0.2) is 4.79 Å². The van der Waals surface area contributed by atoms with E-state index in [0.29, 0.717) is 6.04 Å². The Hall–Kier alpha value is -1.75. The smallest absolute Gasteiger partial charge is 0.319 e. The third kappa shape index (κ3) is 4.13. The SMILES string of the molecule is CNC1CCC(NC(=O)Nc2cccc(OC)c2)CC1. The summed E-state index contributed by atoms with van der Waals surface area (Å²) >= 11 is 0. The fourth-order valence-corrected chi connectivity index (χ4v) is 2.58. The molecule has 0 aliphatic heterocycles. The second-order valence-corrected chi connectivity index (χ2v) is 5.17. The lowest BCUT2D eigenvalue weighted by atomic mass is 9.91. The van der Waals surface area contributed by atoms with Gasteiger partial charge in [-0.05, 0) is 44.9 Å². The molecule has 110 valence electrons. The van der Waals surface area contributed by atoms with Crippen LogP contribution in [0.15, 0.2) is 24.3 Å². The molecule has 5 nitrogen and oxygen atoms in total. The van der Waals surface area contributed by atoms with E-state index in [9.17, 15) is 4.79 Å². The molecule has 0 spiro atoms. The van der Waals surface area contributed by atoms with Crippen LogP contribution in [-0.4, -0.2) is 32.3 Å². The molecule has 2 rings (SSSR count). The maximum Gasteiger partial charge on any atom is 0.319 e. The molecule has 2 amide bonds. The van der Waals surface area contributed by atoms with Gasteiger partial charge in [-0.1, -0.05) is 6.07 Å². The predicted molar refractivity (Wildman–Crippen MR) is 80.3 cm³/mol. The van der Waals surface area contributed by atoms with Crippen molar-refractivity contribution >= 4 is 11.7 Å². The van der Waals surface area contributed by atoms with Gasteiger partial charge in [0.2, 0.25) is 0 Å². The molecule has 0 unspecified atom stereocenters. The minimum Gasteiger partial charge on any atom is -0.497 e. The molecule has 20 heavy (non-hydrogen) atoms. The van der Waals surface area contributed by atoms with Crippen LogP contribution >= 0.6 is 0 Å². The Kier molecular flexibility index (Phi) is 5.24. The lowest BCUT2D eigenvalue weighted by molar-refractivity contribution is 0.241. The van der Waals surface area contributed by atoms with Gasteiger partial charge in [0.05, 0.1) is 7.11 Å². The number of benzene rings is 1. The van der Waals surface area contributed by atoms with Crippen molar-refractivity contribution in [3.8, 4) is 5.75 Å². The average molecular weight is 277 g/mol. The van der Waals surface area contributed by atoms with Gasteiger partial charge in [0, 0.05) is 23.8 Å². The second-order valence-electron chi connectivity index (χ2n) is 5.17. The van der Waals surface area contributed by atoms with E-state index in [0.717, 1.165) is 37.1 Å². The van der Waals surface area contributed by atoms with Crippen molar-refractivity contribution in [2.24, 2.45) is 0 Å². The third-order valence-corrected chi connectivity index (χ3v) is 3.80. The highest BCUT2D eigenvalue weighted by Crippen LogP contribution is 2.19. The van der Waals surface area contributed by atoms with E-state index in [-0.39, 0.29) is 12.1 Å². The third-order valence-electron chi connectivity index (χ3n) is 3.80. The number of carbonyl (C=O) groups is 1. The normalized spacial score (nSPS) is 22.1. The zero-order valence-electron chi connectivity index (χ0n) is 12.1. The molecule has 1 aromatic rings. The van der Waals surface area contributed by atoms with Crippen molar-refractivity contribution in [3.05, 3.63) is 24.3 Å². The van der Waals surface area contributed by atoms with Crippen LogP contribution in [0.2, 0.25) is 0 Å². The Morgan fingerprint density at radius 2 is 1.90 bits per heavy atom. The first-order chi connectivity index (χ1) is 9.71. The van der Waals surface area contributed by atoms with Gasteiger partial charge >= 0.3 is 6.03 Å². The number of anilines is 1. The number of ether oxygens (including phenoxy) is 1. The maximum atomic E-state index is 12.0. The quantitative estimate of drug-likeness (QED) is 0.791. The van der Waals surface area contributed by atoms with Gasteiger partial charge in [-0.3, -0.25) is 0 Å². The van der Waals surface area contributed by atoms with E-state index in [1.54, 1.807) is 13.2 Å². The molecule has 1 aliphatic rings. The number of carbonyl (C=O) groups excluding carboxylic acids is 1. The van der Waals surface area contributed by atoms with E-state index in [2.05, 4.69) is 16.0 Å². The Morgan fingerprint density at radius 3 is 2.55 bits per heavy atom. The van der Waals surface area contributed by atoms with Gasteiger partial charge in [-0.2, -0.15) is 0 Å². The number of urea groups is 1. The van der Waals surface area contributed by atoms with Crippen molar-refractivity contribution in [2.45, 2.75) is 37.8 Å². The maximum absolute atomic E-state index is 12.0. The molecule has 0 saturated heterocycles. The van der Waals surface area contributed by atoms with E-state index >= 15 is 0 Å². The summed E-state index contributed by atoms with van der Waals surface area (Å²) in [6.07, 6.45) is 4.27. The Morgan fingerprint density at radius 1 is 1.20 bits per heavy atom. The fourth-order valence-electron chi connectivity index (χ4n) is 2.58. The number of hydrogen-bond donors (Lipinski definition) is 3. The minimum atomic E-state index is -0.147. The van der Waals surface area contributed by atoms with Crippen molar-refractivity contribution in [1.82, 2.24) is 10.6 Å². The standard InChI is InChI=1S/C15H23N3O2/c1-16-11-6-8-12(9-7-11)17-15(19)18-13-4-3-5-14(10-13)20-2/h3-5,10-12,16H,6-9H2,1-2H3,(H2,17,18,19). The summed E-state index contributed by atoms with van der Waals surface area (Å²) in [5.41, 5.74) is 0.741. The number of methoxy groups -OCH3 is 1. The highest BCUT2D eigenvalue weighted by atomic mass is 16.5. The summed E-state index contributed by atoms with van der Waals surface area (Å²) in [4.78, 5) is 12.0. The lowest BCUT2D eigenvalue weighted by Gasteiger charge is -2.28. The largest absolute Gasteiger partial charge is 0.497 e. The van der Waals surface area contributed by atoms with Gasteiger partial charge in [0.25, 0.3) is 0 Å². The van der Waals surface area contributed by atoms with E-state index in [1.807, 2.05) is 25.2 Å². The van der Waals surface area contributed by atoms with Crippen LogP contribution < -0.4 is 20.7 Å². The molecular weight excluding hydrogens is 254 g/mol. The Balaban J connectivity index is 1.80. The van der Waals surface area contributed by atoms with E-state index < -0.39 is 0 Å². The molecule has 0 radical (unpaired) electrons.